The summed E-state index contributed by atoms with van der Waals surface area (Å²) >= 11 is 0. The van der Waals surface area contributed by atoms with Crippen LogP contribution in [0.1, 0.15) is 23.6 Å². The van der Waals surface area contributed by atoms with Gasteiger partial charge in [-0.05, 0) is 61.0 Å². The van der Waals surface area contributed by atoms with Crippen LogP contribution >= 0.6 is 0 Å². The maximum atomic E-state index is 13.4. The Morgan fingerprint density at radius 3 is 2.44 bits per heavy atom. The van der Waals surface area contributed by atoms with Gasteiger partial charge >= 0.3 is 0 Å². The van der Waals surface area contributed by atoms with Gasteiger partial charge in [-0.1, -0.05) is 12.1 Å². The lowest BCUT2D eigenvalue weighted by Gasteiger charge is -2.23. The molecular formula is C20H16F2N2O. The van der Waals surface area contributed by atoms with E-state index in [0.29, 0.717) is 22.2 Å². The van der Waals surface area contributed by atoms with Gasteiger partial charge in [0.15, 0.2) is 0 Å². The number of hydrogen-bond donors (Lipinski definition) is 1. The number of fused-ring (bicyclic) bond motifs is 1. The minimum Gasteiger partial charge on any atom is -0.322 e. The molecule has 1 atom stereocenters. The largest absolute Gasteiger partial charge is 0.322 e. The van der Waals surface area contributed by atoms with Crippen molar-refractivity contribution >= 4 is 10.9 Å². The number of benzene rings is 2. The third-order valence-corrected chi connectivity index (χ3v) is 4.40. The molecule has 0 fully saturated rings. The van der Waals surface area contributed by atoms with Crippen LogP contribution in [0.15, 0.2) is 47.3 Å². The first kappa shape index (κ1) is 16.8. The fourth-order valence-electron chi connectivity index (χ4n) is 2.98. The monoisotopic (exact) mass is 338 g/mol. The van der Waals surface area contributed by atoms with E-state index in [1.807, 2.05) is 6.07 Å². The normalized spacial score (nSPS) is 13.4. The molecule has 5 heteroatoms. The summed E-state index contributed by atoms with van der Waals surface area (Å²) in [5.41, 5.74) is 1.13. The number of rotatable bonds is 3. The number of hydrogen-bond acceptors (Lipinski definition) is 2. The maximum absolute atomic E-state index is 13.4. The fourth-order valence-corrected chi connectivity index (χ4v) is 2.98. The molecule has 0 aliphatic heterocycles. The molecule has 2 aromatic carbocycles. The molecule has 1 N–H and O–H groups in total. The molecule has 0 spiro atoms. The third kappa shape index (κ3) is 3.29. The Kier molecular flexibility index (Phi) is 4.13. The fraction of sp³-hybridized carbons (Fsp3) is 0.200. The van der Waals surface area contributed by atoms with Crippen molar-refractivity contribution in [1.29, 1.82) is 5.26 Å². The van der Waals surface area contributed by atoms with E-state index >= 15 is 0 Å². The molecule has 0 amide bonds. The predicted molar refractivity (Wildman–Crippen MR) is 92.3 cm³/mol. The van der Waals surface area contributed by atoms with Gasteiger partial charge in [0, 0.05) is 17.1 Å². The number of nitrogens with zero attached hydrogens (tertiary/aromatic N) is 1. The van der Waals surface area contributed by atoms with Gasteiger partial charge in [0.1, 0.15) is 11.6 Å². The summed E-state index contributed by atoms with van der Waals surface area (Å²) in [4.78, 5) is 14.6. The van der Waals surface area contributed by atoms with Crippen LogP contribution in [0.3, 0.4) is 0 Å². The SMILES string of the molecule is Cc1cc2ccc(C(C)(C#N)Cc3cc(F)cc(F)c3)cc2[nH]c1=O. The molecule has 1 unspecified atom stereocenters. The van der Waals surface area contributed by atoms with Gasteiger partial charge in [-0.3, -0.25) is 4.79 Å². The molecule has 0 radical (unpaired) electrons. The minimum absolute atomic E-state index is 0.153. The molecule has 3 rings (SSSR count). The van der Waals surface area contributed by atoms with E-state index in [1.165, 1.54) is 12.1 Å². The van der Waals surface area contributed by atoms with Crippen LogP contribution in [0, 0.1) is 29.9 Å². The molecule has 0 aliphatic rings. The first-order chi connectivity index (χ1) is 11.8. The molecule has 0 saturated heterocycles. The molecule has 1 aromatic heterocycles. The van der Waals surface area contributed by atoms with Crippen LogP contribution in [0.2, 0.25) is 0 Å². The number of nitriles is 1. The van der Waals surface area contributed by atoms with Crippen molar-refractivity contribution in [2.24, 2.45) is 0 Å². The van der Waals surface area contributed by atoms with Gasteiger partial charge in [0.2, 0.25) is 0 Å². The summed E-state index contributed by atoms with van der Waals surface area (Å²) in [6.07, 6.45) is 0.153. The van der Waals surface area contributed by atoms with Crippen molar-refractivity contribution in [3.8, 4) is 6.07 Å². The Hall–Kier alpha value is -3.00. The average Bonchev–Trinajstić information content (AvgIpc) is 2.54. The highest BCUT2D eigenvalue weighted by molar-refractivity contribution is 5.80. The summed E-state index contributed by atoms with van der Waals surface area (Å²) in [7, 11) is 0. The van der Waals surface area contributed by atoms with Crippen molar-refractivity contribution in [3.05, 3.63) is 81.1 Å². The Morgan fingerprint density at radius 1 is 1.12 bits per heavy atom. The number of aromatic amines is 1. The van der Waals surface area contributed by atoms with E-state index in [9.17, 15) is 18.8 Å². The summed E-state index contributed by atoms with van der Waals surface area (Å²) in [6.45, 7) is 3.44. The topological polar surface area (TPSA) is 56.6 Å². The Bertz CT molecular complexity index is 1050. The quantitative estimate of drug-likeness (QED) is 0.780. The van der Waals surface area contributed by atoms with E-state index in [1.54, 1.807) is 32.0 Å². The number of aromatic nitrogens is 1. The van der Waals surface area contributed by atoms with Crippen LogP contribution < -0.4 is 5.56 Å². The molecular weight excluding hydrogens is 322 g/mol. The van der Waals surface area contributed by atoms with Crippen molar-refractivity contribution < 1.29 is 8.78 Å². The molecule has 25 heavy (non-hydrogen) atoms. The Balaban J connectivity index is 2.07. The van der Waals surface area contributed by atoms with E-state index in [4.69, 9.17) is 0 Å². The van der Waals surface area contributed by atoms with E-state index in [-0.39, 0.29) is 12.0 Å². The van der Waals surface area contributed by atoms with Crippen molar-refractivity contribution in [3.63, 3.8) is 0 Å². The van der Waals surface area contributed by atoms with Crippen molar-refractivity contribution in [2.45, 2.75) is 25.7 Å². The first-order valence-electron chi connectivity index (χ1n) is 7.81. The van der Waals surface area contributed by atoms with E-state index < -0.39 is 17.0 Å². The zero-order chi connectivity index (χ0) is 18.2. The lowest BCUT2D eigenvalue weighted by atomic mass is 9.78. The number of H-pyrrole nitrogens is 1. The van der Waals surface area contributed by atoms with Gasteiger partial charge in [0.05, 0.1) is 11.5 Å². The van der Waals surface area contributed by atoms with Crippen LogP contribution in [-0.2, 0) is 11.8 Å². The summed E-state index contributed by atoms with van der Waals surface area (Å²) < 4.78 is 26.9. The van der Waals surface area contributed by atoms with Gasteiger partial charge in [0.25, 0.3) is 5.56 Å². The number of aryl methyl sites for hydroxylation is 1. The Labute approximate surface area is 143 Å². The molecule has 3 nitrogen and oxygen atoms in total. The van der Waals surface area contributed by atoms with E-state index in [0.717, 1.165) is 11.5 Å². The third-order valence-electron chi connectivity index (χ3n) is 4.40. The molecule has 0 aliphatic carbocycles. The lowest BCUT2D eigenvalue weighted by Crippen LogP contribution is -2.23. The second-order valence-corrected chi connectivity index (χ2v) is 6.48. The molecule has 0 bridgehead atoms. The standard InChI is InChI=1S/C20H16F2N2O/c1-12-5-14-3-4-15(8-18(14)24-19(12)25)20(2,11-23)10-13-6-16(21)9-17(22)7-13/h3-9H,10H2,1-2H3,(H,24,25). The molecule has 3 aromatic rings. The first-order valence-corrected chi connectivity index (χ1v) is 7.81. The second-order valence-electron chi connectivity index (χ2n) is 6.48. The lowest BCUT2D eigenvalue weighted by molar-refractivity contribution is 0.564. The highest BCUT2D eigenvalue weighted by Crippen LogP contribution is 2.30. The number of halogens is 2. The zero-order valence-corrected chi connectivity index (χ0v) is 13.9. The Morgan fingerprint density at radius 2 is 1.80 bits per heavy atom. The predicted octanol–water partition coefficient (Wildman–Crippen LogP) is 4.14. The van der Waals surface area contributed by atoms with Gasteiger partial charge in [-0.15, -0.1) is 0 Å². The summed E-state index contributed by atoms with van der Waals surface area (Å²) in [6, 6.07) is 12.7. The van der Waals surface area contributed by atoms with E-state index in [2.05, 4.69) is 11.1 Å². The van der Waals surface area contributed by atoms with Crippen molar-refractivity contribution in [1.82, 2.24) is 4.98 Å². The van der Waals surface area contributed by atoms with Crippen LogP contribution in [0.4, 0.5) is 8.78 Å². The van der Waals surface area contributed by atoms with Crippen LogP contribution in [0.5, 0.6) is 0 Å². The smallest absolute Gasteiger partial charge is 0.251 e. The van der Waals surface area contributed by atoms with Gasteiger partial charge < -0.3 is 4.98 Å². The highest BCUT2D eigenvalue weighted by atomic mass is 19.1. The van der Waals surface area contributed by atoms with Crippen molar-refractivity contribution in [2.75, 3.05) is 0 Å². The maximum Gasteiger partial charge on any atom is 0.251 e. The van der Waals surface area contributed by atoms with Crippen LogP contribution in [-0.4, -0.2) is 4.98 Å². The minimum atomic E-state index is -0.990. The second kappa shape index (κ2) is 6.14. The molecule has 1 heterocycles. The zero-order valence-electron chi connectivity index (χ0n) is 13.9. The summed E-state index contributed by atoms with van der Waals surface area (Å²) in [5, 5.41) is 10.6. The number of nitrogens with one attached hydrogen (secondary N) is 1. The van der Waals surface area contributed by atoms with Gasteiger partial charge in [-0.2, -0.15) is 5.26 Å². The highest BCUT2D eigenvalue weighted by Gasteiger charge is 2.28. The molecule has 126 valence electrons. The molecule has 0 saturated carbocycles. The average molecular weight is 338 g/mol. The summed E-state index contributed by atoms with van der Waals surface area (Å²) in [5.74, 6) is -1.35. The van der Waals surface area contributed by atoms with Crippen LogP contribution in [0.25, 0.3) is 10.9 Å². The number of pyridine rings is 1. The van der Waals surface area contributed by atoms with Gasteiger partial charge in [-0.25, -0.2) is 8.78 Å².